The van der Waals surface area contributed by atoms with Crippen molar-refractivity contribution in [1.29, 1.82) is 0 Å². The Morgan fingerprint density at radius 1 is 1.11 bits per heavy atom. The number of fused-ring (bicyclic) bond motifs is 1. The summed E-state index contributed by atoms with van der Waals surface area (Å²) in [6, 6.07) is 1.75. The van der Waals surface area contributed by atoms with Gasteiger partial charge in [0.2, 0.25) is 0 Å². The largest absolute Gasteiger partial charge is 0.339 e. The number of anilines is 1. The molecule has 28 heavy (non-hydrogen) atoms. The molecular formula is C17H18F2N6O2S. The van der Waals surface area contributed by atoms with Gasteiger partial charge in [0.25, 0.3) is 10.0 Å². The Labute approximate surface area is 160 Å². The molecule has 0 unspecified atom stereocenters. The average Bonchev–Trinajstić information content (AvgIpc) is 3.17. The maximum atomic E-state index is 14.5. The van der Waals surface area contributed by atoms with E-state index in [9.17, 15) is 17.2 Å². The van der Waals surface area contributed by atoms with Crippen molar-refractivity contribution >= 4 is 15.7 Å². The lowest BCUT2D eigenvalue weighted by Crippen LogP contribution is -2.15. The van der Waals surface area contributed by atoms with Gasteiger partial charge in [-0.25, -0.2) is 13.8 Å². The Morgan fingerprint density at radius 2 is 1.93 bits per heavy atom. The van der Waals surface area contributed by atoms with Crippen LogP contribution in [0.4, 0.5) is 14.5 Å². The second-order valence-electron chi connectivity index (χ2n) is 6.70. The highest BCUT2D eigenvalue weighted by Gasteiger charge is 2.24. The van der Waals surface area contributed by atoms with Crippen LogP contribution in [-0.2, 0) is 30.0 Å². The highest BCUT2D eigenvalue weighted by atomic mass is 32.2. The molecule has 0 amide bonds. The van der Waals surface area contributed by atoms with Gasteiger partial charge in [-0.2, -0.15) is 8.42 Å². The summed E-state index contributed by atoms with van der Waals surface area (Å²) in [5.74, 6) is -0.867. The molecular weight excluding hydrogens is 390 g/mol. The molecule has 0 spiro atoms. The zero-order valence-electron chi connectivity index (χ0n) is 15.1. The van der Waals surface area contributed by atoms with Gasteiger partial charge in [-0.05, 0) is 18.9 Å². The highest BCUT2D eigenvalue weighted by molar-refractivity contribution is 7.92. The van der Waals surface area contributed by atoms with E-state index in [1.165, 1.54) is 17.1 Å². The minimum absolute atomic E-state index is 0.0132. The van der Waals surface area contributed by atoms with Gasteiger partial charge in [-0.15, -0.1) is 10.2 Å². The minimum Gasteiger partial charge on any atom is -0.339 e. The molecule has 0 atom stereocenters. The van der Waals surface area contributed by atoms with E-state index in [4.69, 9.17) is 0 Å². The molecule has 2 aromatic heterocycles. The summed E-state index contributed by atoms with van der Waals surface area (Å²) in [6.45, 7) is 0.628. The third kappa shape index (κ3) is 3.37. The normalized spacial score (nSPS) is 14.5. The second-order valence-corrected chi connectivity index (χ2v) is 8.33. The number of hydrogen-bond donors (Lipinski definition) is 1. The molecule has 4 rings (SSSR count). The first-order valence-electron chi connectivity index (χ1n) is 8.77. The molecule has 1 aliphatic rings. The fraction of sp³-hybridized carbons (Fsp3) is 0.353. The Hall–Kier alpha value is -2.82. The third-order valence-electron chi connectivity index (χ3n) is 4.61. The van der Waals surface area contributed by atoms with E-state index in [0.717, 1.165) is 37.6 Å². The highest BCUT2D eigenvalue weighted by Crippen LogP contribution is 2.30. The number of aryl methyl sites for hydroxylation is 2. The van der Waals surface area contributed by atoms with Gasteiger partial charge in [0.05, 0.1) is 17.6 Å². The van der Waals surface area contributed by atoms with Crippen LogP contribution >= 0.6 is 0 Å². The molecule has 1 aliphatic heterocycles. The summed E-state index contributed by atoms with van der Waals surface area (Å²) in [7, 11) is -2.51. The predicted molar refractivity (Wildman–Crippen MR) is 96.9 cm³/mol. The van der Waals surface area contributed by atoms with Crippen molar-refractivity contribution < 1.29 is 17.2 Å². The summed E-state index contributed by atoms with van der Waals surface area (Å²) >= 11 is 0. The summed E-state index contributed by atoms with van der Waals surface area (Å²) < 4.78 is 59.1. The zero-order valence-corrected chi connectivity index (χ0v) is 15.9. The van der Waals surface area contributed by atoms with Crippen molar-refractivity contribution in [2.24, 2.45) is 7.05 Å². The molecule has 0 radical (unpaired) electrons. The third-order valence-corrected chi connectivity index (χ3v) is 5.86. The fourth-order valence-electron chi connectivity index (χ4n) is 3.21. The summed E-state index contributed by atoms with van der Waals surface area (Å²) in [5.41, 5.74) is -0.395. The van der Waals surface area contributed by atoms with Crippen molar-refractivity contribution in [2.45, 2.75) is 37.3 Å². The number of benzene rings is 1. The molecule has 3 aromatic rings. The Balaban J connectivity index is 1.75. The monoisotopic (exact) mass is 408 g/mol. The van der Waals surface area contributed by atoms with E-state index in [2.05, 4.69) is 19.9 Å². The van der Waals surface area contributed by atoms with Crippen LogP contribution < -0.4 is 4.72 Å². The number of aromatic nitrogens is 5. The number of imidazole rings is 1. The lowest BCUT2D eigenvalue weighted by atomic mass is 10.1. The van der Waals surface area contributed by atoms with Crippen LogP contribution in [0.5, 0.6) is 0 Å². The maximum absolute atomic E-state index is 14.5. The van der Waals surface area contributed by atoms with E-state index in [0.29, 0.717) is 12.6 Å². The van der Waals surface area contributed by atoms with Crippen LogP contribution in [0, 0.1) is 11.6 Å². The zero-order chi connectivity index (χ0) is 19.9. The van der Waals surface area contributed by atoms with Gasteiger partial charge < -0.3 is 9.13 Å². The number of nitrogens with one attached hydrogen (secondary N) is 1. The van der Waals surface area contributed by atoms with Crippen LogP contribution in [-0.4, -0.2) is 32.7 Å². The molecule has 1 aromatic carbocycles. The van der Waals surface area contributed by atoms with Crippen LogP contribution in [0.2, 0.25) is 0 Å². The standard InChI is InChI=1S/C17H18F2N6O2S/c1-24-9-16(20-10-24)28(26,27)23-14-7-11(12(18)8-13(14)19)17-22-21-15-5-3-2-4-6-25(15)17/h7-10,23H,2-6H2,1H3. The van der Waals surface area contributed by atoms with Crippen molar-refractivity contribution in [2.75, 3.05) is 4.72 Å². The summed E-state index contributed by atoms with van der Waals surface area (Å²) in [6.07, 6.45) is 6.23. The van der Waals surface area contributed by atoms with E-state index >= 15 is 0 Å². The molecule has 0 fully saturated rings. The van der Waals surface area contributed by atoms with Crippen molar-refractivity contribution in [3.05, 3.63) is 42.1 Å². The number of hydrogen-bond acceptors (Lipinski definition) is 5. The minimum atomic E-state index is -4.12. The molecule has 8 nitrogen and oxygen atoms in total. The molecule has 3 heterocycles. The molecule has 148 valence electrons. The van der Waals surface area contributed by atoms with E-state index in [1.807, 2.05) is 0 Å². The molecule has 0 bridgehead atoms. The average molecular weight is 408 g/mol. The van der Waals surface area contributed by atoms with E-state index in [-0.39, 0.29) is 22.1 Å². The summed E-state index contributed by atoms with van der Waals surface area (Å²) in [4.78, 5) is 3.76. The molecule has 11 heteroatoms. The lowest BCUT2D eigenvalue weighted by Gasteiger charge is -2.11. The van der Waals surface area contributed by atoms with Gasteiger partial charge in [0.15, 0.2) is 10.9 Å². The van der Waals surface area contributed by atoms with Crippen LogP contribution in [0.1, 0.15) is 25.1 Å². The number of halogens is 2. The first-order valence-corrected chi connectivity index (χ1v) is 10.3. The van der Waals surface area contributed by atoms with Gasteiger partial charge in [0, 0.05) is 32.3 Å². The van der Waals surface area contributed by atoms with E-state index in [1.54, 1.807) is 11.6 Å². The Kier molecular flexibility index (Phi) is 4.61. The Morgan fingerprint density at radius 3 is 2.68 bits per heavy atom. The fourth-order valence-corrected chi connectivity index (χ4v) is 4.25. The molecule has 1 N–H and O–H groups in total. The molecule has 0 saturated heterocycles. The van der Waals surface area contributed by atoms with Crippen LogP contribution in [0.25, 0.3) is 11.4 Å². The number of nitrogens with zero attached hydrogens (tertiary/aromatic N) is 5. The topological polar surface area (TPSA) is 94.7 Å². The first-order chi connectivity index (χ1) is 13.3. The van der Waals surface area contributed by atoms with Gasteiger partial charge in [0.1, 0.15) is 17.5 Å². The van der Waals surface area contributed by atoms with E-state index < -0.39 is 21.7 Å². The number of rotatable bonds is 4. The second kappa shape index (κ2) is 6.97. The maximum Gasteiger partial charge on any atom is 0.281 e. The van der Waals surface area contributed by atoms with Gasteiger partial charge in [-0.1, -0.05) is 6.42 Å². The number of sulfonamides is 1. The lowest BCUT2D eigenvalue weighted by molar-refractivity contribution is 0.581. The SMILES string of the molecule is Cn1cnc(S(=O)(=O)Nc2cc(-c3nnc4n3CCCCC4)c(F)cc2F)c1. The smallest absolute Gasteiger partial charge is 0.281 e. The summed E-state index contributed by atoms with van der Waals surface area (Å²) in [5, 5.41) is 7.90. The Bertz CT molecular complexity index is 1140. The molecule has 0 saturated carbocycles. The molecule has 0 aliphatic carbocycles. The van der Waals surface area contributed by atoms with Crippen molar-refractivity contribution in [3.8, 4) is 11.4 Å². The van der Waals surface area contributed by atoms with Gasteiger partial charge >= 0.3 is 0 Å². The van der Waals surface area contributed by atoms with Crippen molar-refractivity contribution in [1.82, 2.24) is 24.3 Å². The van der Waals surface area contributed by atoms with Crippen LogP contribution in [0.15, 0.2) is 29.7 Å². The van der Waals surface area contributed by atoms with Crippen LogP contribution in [0.3, 0.4) is 0 Å². The van der Waals surface area contributed by atoms with Crippen molar-refractivity contribution in [3.63, 3.8) is 0 Å². The van der Waals surface area contributed by atoms with Gasteiger partial charge in [-0.3, -0.25) is 4.72 Å². The first kappa shape index (κ1) is 18.5. The quantitative estimate of drug-likeness (QED) is 0.716. The predicted octanol–water partition coefficient (Wildman–Crippen LogP) is 2.48.